The van der Waals surface area contributed by atoms with Gasteiger partial charge in [-0.3, -0.25) is 0 Å². The average molecular weight is 232 g/mol. The number of hydrogen-bond donors (Lipinski definition) is 0. The highest BCUT2D eigenvalue weighted by Gasteiger charge is 2.17. The van der Waals surface area contributed by atoms with Crippen LogP contribution in [-0.4, -0.2) is 8.07 Å². The zero-order chi connectivity index (χ0) is 11.6. The van der Waals surface area contributed by atoms with Gasteiger partial charge in [-0.15, -0.1) is 0 Å². The summed E-state index contributed by atoms with van der Waals surface area (Å²) in [4.78, 5) is 0. The van der Waals surface area contributed by atoms with E-state index < -0.39 is 25.5 Å². The highest BCUT2D eigenvalue weighted by molar-refractivity contribution is 6.76. The highest BCUT2D eigenvalue weighted by atomic mass is 28.3. The third-order valence-corrected chi connectivity index (χ3v) is 3.98. The van der Waals surface area contributed by atoms with E-state index in [-0.39, 0.29) is 5.56 Å². The molecule has 0 unspecified atom stereocenters. The van der Waals surface area contributed by atoms with Gasteiger partial charge in [0.05, 0.1) is 0 Å². The van der Waals surface area contributed by atoms with Crippen LogP contribution in [0.4, 0.5) is 13.2 Å². The van der Waals surface area contributed by atoms with Crippen molar-refractivity contribution >= 4 is 8.07 Å². The van der Waals surface area contributed by atoms with E-state index in [1.165, 1.54) is 0 Å². The van der Waals surface area contributed by atoms with Crippen molar-refractivity contribution in [2.45, 2.75) is 32.1 Å². The van der Waals surface area contributed by atoms with Gasteiger partial charge in [0, 0.05) is 25.8 Å². The van der Waals surface area contributed by atoms with Crippen molar-refractivity contribution in [3.63, 3.8) is 0 Å². The average Bonchev–Trinajstić information content (AvgIpc) is 1.99. The minimum atomic E-state index is -1.33. The fraction of sp³-hybridized carbons (Fsp3) is 0.455. The van der Waals surface area contributed by atoms with Crippen LogP contribution in [0.2, 0.25) is 25.7 Å². The topological polar surface area (TPSA) is 0 Å². The van der Waals surface area contributed by atoms with Crippen LogP contribution < -0.4 is 0 Å². The molecule has 4 heteroatoms. The van der Waals surface area contributed by atoms with Crippen LogP contribution in [0.15, 0.2) is 12.1 Å². The Labute approximate surface area is 89.1 Å². The summed E-state index contributed by atoms with van der Waals surface area (Å²) in [6, 6.07) is 2.28. The summed E-state index contributed by atoms with van der Waals surface area (Å²) in [7, 11) is -1.33. The van der Waals surface area contributed by atoms with Gasteiger partial charge in [-0.1, -0.05) is 25.7 Å². The van der Waals surface area contributed by atoms with E-state index in [2.05, 4.69) is 19.6 Å². The molecule has 0 amide bonds. The van der Waals surface area contributed by atoms with E-state index in [1.54, 1.807) is 0 Å². The first-order valence-corrected chi connectivity index (χ1v) is 8.64. The molecule has 0 spiro atoms. The Morgan fingerprint density at radius 3 is 1.87 bits per heavy atom. The Bertz CT molecular complexity index is 332. The molecule has 0 atom stereocenters. The first-order valence-electron chi connectivity index (χ1n) is 4.93. The zero-order valence-electron chi connectivity index (χ0n) is 9.20. The molecule has 0 aliphatic heterocycles. The van der Waals surface area contributed by atoms with Crippen molar-refractivity contribution in [3.05, 3.63) is 35.1 Å². The lowest BCUT2D eigenvalue weighted by atomic mass is 10.1. The van der Waals surface area contributed by atoms with Crippen molar-refractivity contribution < 1.29 is 13.2 Å². The Morgan fingerprint density at radius 1 is 1.00 bits per heavy atom. The van der Waals surface area contributed by atoms with E-state index in [4.69, 9.17) is 0 Å². The van der Waals surface area contributed by atoms with Crippen molar-refractivity contribution in [3.8, 4) is 0 Å². The van der Waals surface area contributed by atoms with Gasteiger partial charge in [0.2, 0.25) is 0 Å². The molecule has 0 nitrogen and oxygen atoms in total. The van der Waals surface area contributed by atoms with Gasteiger partial charge in [-0.2, -0.15) is 0 Å². The molecule has 0 saturated carbocycles. The number of hydrogen-bond acceptors (Lipinski definition) is 0. The van der Waals surface area contributed by atoms with Crippen LogP contribution in [-0.2, 0) is 6.42 Å². The maximum atomic E-state index is 13.2. The van der Waals surface area contributed by atoms with Gasteiger partial charge in [0.1, 0.15) is 17.5 Å². The van der Waals surface area contributed by atoms with Gasteiger partial charge in [0.15, 0.2) is 0 Å². The van der Waals surface area contributed by atoms with Crippen LogP contribution in [0.5, 0.6) is 0 Å². The summed E-state index contributed by atoms with van der Waals surface area (Å²) in [6.07, 6.45) is 0.355. The molecule has 0 aliphatic carbocycles. The molecule has 1 aromatic rings. The van der Waals surface area contributed by atoms with Gasteiger partial charge >= 0.3 is 0 Å². The molecule has 0 heterocycles. The molecule has 0 N–H and O–H groups in total. The standard InChI is InChI=1S/C11H15F3Si/c1-15(2,3)5-4-9-10(13)6-8(12)7-11(9)14/h6-7H,4-5H2,1-3H3. The largest absolute Gasteiger partial charge is 0.207 e. The second kappa shape index (κ2) is 4.39. The molecule has 1 aromatic carbocycles. The van der Waals surface area contributed by atoms with Crippen LogP contribution in [0, 0.1) is 17.5 Å². The van der Waals surface area contributed by atoms with Gasteiger partial charge in [0.25, 0.3) is 0 Å². The Balaban J connectivity index is 2.86. The molecule has 0 radical (unpaired) electrons. The second-order valence-corrected chi connectivity index (χ2v) is 10.5. The monoisotopic (exact) mass is 232 g/mol. The highest BCUT2D eigenvalue weighted by Crippen LogP contribution is 2.20. The summed E-state index contributed by atoms with van der Waals surface area (Å²) in [5.74, 6) is -2.40. The number of rotatable bonds is 3. The lowest BCUT2D eigenvalue weighted by Gasteiger charge is -2.15. The van der Waals surface area contributed by atoms with Crippen LogP contribution in [0.3, 0.4) is 0 Å². The lowest BCUT2D eigenvalue weighted by Crippen LogP contribution is -2.20. The fourth-order valence-electron chi connectivity index (χ4n) is 1.31. The number of benzene rings is 1. The molecular formula is C11H15F3Si. The molecule has 1 rings (SSSR count). The molecule has 0 bridgehead atoms. The predicted molar refractivity (Wildman–Crippen MR) is 58.2 cm³/mol. The maximum absolute atomic E-state index is 13.2. The summed E-state index contributed by atoms with van der Waals surface area (Å²) in [6.45, 7) is 6.39. The molecule has 0 aromatic heterocycles. The maximum Gasteiger partial charge on any atom is 0.132 e. The quantitative estimate of drug-likeness (QED) is 0.691. The van der Waals surface area contributed by atoms with Crippen molar-refractivity contribution in [2.75, 3.05) is 0 Å². The summed E-state index contributed by atoms with van der Waals surface area (Å²) >= 11 is 0. The van der Waals surface area contributed by atoms with Crippen LogP contribution >= 0.6 is 0 Å². The van der Waals surface area contributed by atoms with E-state index in [1.807, 2.05) is 0 Å². The zero-order valence-corrected chi connectivity index (χ0v) is 10.2. The SMILES string of the molecule is C[Si](C)(C)CCc1c(F)cc(F)cc1F. The van der Waals surface area contributed by atoms with Crippen LogP contribution in [0.25, 0.3) is 0 Å². The minimum Gasteiger partial charge on any atom is -0.207 e. The Morgan fingerprint density at radius 2 is 1.47 bits per heavy atom. The second-order valence-electron chi connectivity index (χ2n) is 4.91. The molecular weight excluding hydrogens is 217 g/mol. The summed E-state index contributed by atoms with van der Waals surface area (Å²) in [5, 5.41) is 0. The summed E-state index contributed by atoms with van der Waals surface area (Å²) < 4.78 is 39.1. The molecule has 15 heavy (non-hydrogen) atoms. The molecule has 0 fully saturated rings. The van der Waals surface area contributed by atoms with Gasteiger partial charge in [-0.05, 0) is 6.42 Å². The Kier molecular flexibility index (Phi) is 3.60. The Hall–Kier alpha value is -0.773. The number of halogens is 3. The van der Waals surface area contributed by atoms with Crippen molar-refractivity contribution in [1.29, 1.82) is 0 Å². The van der Waals surface area contributed by atoms with Crippen molar-refractivity contribution in [2.24, 2.45) is 0 Å². The third kappa shape index (κ3) is 3.70. The van der Waals surface area contributed by atoms with Crippen LogP contribution in [0.1, 0.15) is 5.56 Å². The summed E-state index contributed by atoms with van der Waals surface area (Å²) in [5.41, 5.74) is 0.0128. The molecule has 0 aliphatic rings. The molecule has 84 valence electrons. The lowest BCUT2D eigenvalue weighted by molar-refractivity contribution is 0.525. The first kappa shape index (κ1) is 12.3. The van der Waals surface area contributed by atoms with E-state index >= 15 is 0 Å². The first-order chi connectivity index (χ1) is 6.79. The van der Waals surface area contributed by atoms with Gasteiger partial charge in [-0.25, -0.2) is 13.2 Å². The molecule has 0 saturated heterocycles. The van der Waals surface area contributed by atoms with E-state index in [0.717, 1.165) is 18.2 Å². The minimum absolute atomic E-state index is 0.0128. The van der Waals surface area contributed by atoms with Crippen molar-refractivity contribution in [1.82, 2.24) is 0 Å². The fourth-order valence-corrected chi connectivity index (χ4v) is 2.31. The van der Waals surface area contributed by atoms with E-state index in [9.17, 15) is 13.2 Å². The third-order valence-electron chi connectivity index (χ3n) is 2.23. The predicted octanol–water partition coefficient (Wildman–Crippen LogP) is 3.98. The van der Waals surface area contributed by atoms with E-state index in [0.29, 0.717) is 6.42 Å². The smallest absolute Gasteiger partial charge is 0.132 e. The van der Waals surface area contributed by atoms with Gasteiger partial charge < -0.3 is 0 Å². The normalized spacial score (nSPS) is 11.9.